The molecule has 1 atom stereocenters. The van der Waals surface area contributed by atoms with E-state index in [1.165, 1.54) is 0 Å². The van der Waals surface area contributed by atoms with E-state index in [4.69, 9.17) is 11.6 Å². The molecule has 1 aliphatic heterocycles. The standard InChI is InChI=1S/C14H20ClN3O/c1-18(2)14(19)10-5-6-12(15)13(8-10)17-11-4-3-7-16-9-11/h5-6,8,11,16-17H,3-4,7,9H2,1-2H3. The van der Waals surface area contributed by atoms with Crippen molar-refractivity contribution >= 4 is 23.2 Å². The first-order valence-corrected chi connectivity index (χ1v) is 6.94. The van der Waals surface area contributed by atoms with Crippen LogP contribution in [-0.4, -0.2) is 44.0 Å². The summed E-state index contributed by atoms with van der Waals surface area (Å²) in [5.74, 6) is -0.0125. The summed E-state index contributed by atoms with van der Waals surface area (Å²) in [7, 11) is 3.49. The van der Waals surface area contributed by atoms with Crippen LogP contribution in [0.1, 0.15) is 23.2 Å². The number of hydrogen-bond donors (Lipinski definition) is 2. The van der Waals surface area contributed by atoms with Crippen LogP contribution in [0.5, 0.6) is 0 Å². The first-order chi connectivity index (χ1) is 9.08. The normalized spacial score (nSPS) is 19.0. The number of nitrogens with zero attached hydrogens (tertiary/aromatic N) is 1. The molecule has 104 valence electrons. The Morgan fingerprint density at radius 1 is 1.47 bits per heavy atom. The van der Waals surface area contributed by atoms with Gasteiger partial charge in [-0.1, -0.05) is 11.6 Å². The molecule has 0 aliphatic carbocycles. The number of benzene rings is 1. The van der Waals surface area contributed by atoms with Crippen molar-refractivity contribution in [3.05, 3.63) is 28.8 Å². The lowest BCUT2D eigenvalue weighted by Crippen LogP contribution is -2.38. The van der Waals surface area contributed by atoms with Gasteiger partial charge in [-0.15, -0.1) is 0 Å². The lowest BCUT2D eigenvalue weighted by molar-refractivity contribution is 0.0827. The minimum Gasteiger partial charge on any atom is -0.380 e. The van der Waals surface area contributed by atoms with Gasteiger partial charge in [0.15, 0.2) is 0 Å². The van der Waals surface area contributed by atoms with Gasteiger partial charge in [0, 0.05) is 32.2 Å². The van der Waals surface area contributed by atoms with Crippen LogP contribution >= 0.6 is 11.6 Å². The van der Waals surface area contributed by atoms with Crippen LogP contribution in [0.3, 0.4) is 0 Å². The Balaban J connectivity index is 2.14. The van der Waals surface area contributed by atoms with Crippen molar-refractivity contribution in [1.29, 1.82) is 0 Å². The third-order valence-corrected chi connectivity index (χ3v) is 3.61. The Morgan fingerprint density at radius 2 is 2.26 bits per heavy atom. The van der Waals surface area contributed by atoms with Gasteiger partial charge in [0.1, 0.15) is 0 Å². The molecule has 1 heterocycles. The van der Waals surface area contributed by atoms with Crippen molar-refractivity contribution in [3.63, 3.8) is 0 Å². The molecule has 1 unspecified atom stereocenters. The molecule has 0 aromatic heterocycles. The summed E-state index contributed by atoms with van der Waals surface area (Å²) in [6.45, 7) is 2.01. The van der Waals surface area contributed by atoms with Gasteiger partial charge in [-0.3, -0.25) is 4.79 Å². The van der Waals surface area contributed by atoms with E-state index in [9.17, 15) is 4.79 Å². The Labute approximate surface area is 119 Å². The SMILES string of the molecule is CN(C)C(=O)c1ccc(Cl)c(NC2CCCNC2)c1. The van der Waals surface area contributed by atoms with Crippen LogP contribution < -0.4 is 10.6 Å². The molecule has 1 fully saturated rings. The molecule has 1 aromatic carbocycles. The second-order valence-corrected chi connectivity index (χ2v) is 5.49. The molecule has 5 heteroatoms. The fourth-order valence-corrected chi connectivity index (χ4v) is 2.39. The molecule has 1 saturated heterocycles. The van der Waals surface area contributed by atoms with Crippen LogP contribution in [-0.2, 0) is 0 Å². The summed E-state index contributed by atoms with van der Waals surface area (Å²) in [4.78, 5) is 13.5. The second kappa shape index (κ2) is 6.26. The number of carbonyl (C=O) groups excluding carboxylic acids is 1. The highest BCUT2D eigenvalue weighted by molar-refractivity contribution is 6.33. The Bertz CT molecular complexity index is 456. The summed E-state index contributed by atoms with van der Waals surface area (Å²) in [5.41, 5.74) is 1.49. The number of halogens is 1. The maximum absolute atomic E-state index is 11.9. The molecular weight excluding hydrogens is 262 g/mol. The van der Waals surface area contributed by atoms with E-state index in [0.717, 1.165) is 31.6 Å². The molecule has 0 radical (unpaired) electrons. The molecule has 4 nitrogen and oxygen atoms in total. The van der Waals surface area contributed by atoms with Crippen molar-refractivity contribution in [3.8, 4) is 0 Å². The monoisotopic (exact) mass is 281 g/mol. The van der Waals surface area contributed by atoms with Gasteiger partial charge in [-0.2, -0.15) is 0 Å². The summed E-state index contributed by atoms with van der Waals surface area (Å²) in [6, 6.07) is 5.74. The fraction of sp³-hybridized carbons (Fsp3) is 0.500. The number of rotatable bonds is 3. The molecule has 0 saturated carbocycles. The highest BCUT2D eigenvalue weighted by Gasteiger charge is 2.15. The first-order valence-electron chi connectivity index (χ1n) is 6.56. The number of carbonyl (C=O) groups is 1. The summed E-state index contributed by atoms with van der Waals surface area (Å²) in [6.07, 6.45) is 2.28. The average Bonchev–Trinajstić information content (AvgIpc) is 2.41. The summed E-state index contributed by atoms with van der Waals surface area (Å²) in [5, 5.41) is 7.42. The zero-order valence-electron chi connectivity index (χ0n) is 11.4. The smallest absolute Gasteiger partial charge is 0.253 e. The van der Waals surface area contributed by atoms with Crippen LogP contribution in [0.15, 0.2) is 18.2 Å². The molecule has 2 N–H and O–H groups in total. The number of amides is 1. The maximum atomic E-state index is 11.9. The fourth-order valence-electron chi connectivity index (χ4n) is 2.22. The van der Waals surface area contributed by atoms with Crippen molar-refractivity contribution in [1.82, 2.24) is 10.2 Å². The lowest BCUT2D eigenvalue weighted by Gasteiger charge is -2.25. The maximum Gasteiger partial charge on any atom is 0.253 e. The molecule has 19 heavy (non-hydrogen) atoms. The number of piperidine rings is 1. The number of hydrogen-bond acceptors (Lipinski definition) is 3. The molecule has 1 amide bonds. The van der Waals surface area contributed by atoms with Gasteiger partial charge < -0.3 is 15.5 Å². The predicted octanol–water partition coefficient (Wildman–Crippen LogP) is 2.21. The van der Waals surface area contributed by atoms with E-state index in [1.54, 1.807) is 31.1 Å². The highest BCUT2D eigenvalue weighted by atomic mass is 35.5. The zero-order valence-corrected chi connectivity index (χ0v) is 12.1. The molecule has 0 bridgehead atoms. The van der Waals surface area contributed by atoms with E-state index in [-0.39, 0.29) is 5.91 Å². The second-order valence-electron chi connectivity index (χ2n) is 5.08. The van der Waals surface area contributed by atoms with Gasteiger partial charge >= 0.3 is 0 Å². The van der Waals surface area contributed by atoms with Crippen LogP contribution in [0.25, 0.3) is 0 Å². The third kappa shape index (κ3) is 3.61. The number of nitrogens with one attached hydrogen (secondary N) is 2. The molecule has 0 spiro atoms. The Morgan fingerprint density at radius 3 is 2.89 bits per heavy atom. The third-order valence-electron chi connectivity index (χ3n) is 3.28. The minimum atomic E-state index is -0.0125. The predicted molar refractivity (Wildman–Crippen MR) is 79.0 cm³/mol. The van der Waals surface area contributed by atoms with Crippen LogP contribution in [0, 0.1) is 0 Å². The molecule has 1 aromatic rings. The highest BCUT2D eigenvalue weighted by Crippen LogP contribution is 2.25. The van der Waals surface area contributed by atoms with Crippen molar-refractivity contribution < 1.29 is 4.79 Å². The minimum absolute atomic E-state index is 0.0125. The summed E-state index contributed by atoms with van der Waals surface area (Å²) < 4.78 is 0. The zero-order chi connectivity index (χ0) is 13.8. The average molecular weight is 282 g/mol. The van der Waals surface area contributed by atoms with E-state index in [1.807, 2.05) is 6.07 Å². The van der Waals surface area contributed by atoms with E-state index >= 15 is 0 Å². The van der Waals surface area contributed by atoms with Gasteiger partial charge in [0.05, 0.1) is 10.7 Å². The quantitative estimate of drug-likeness (QED) is 0.893. The largest absolute Gasteiger partial charge is 0.380 e. The van der Waals surface area contributed by atoms with Crippen molar-refractivity contribution in [2.75, 3.05) is 32.5 Å². The van der Waals surface area contributed by atoms with Crippen molar-refractivity contribution in [2.24, 2.45) is 0 Å². The van der Waals surface area contributed by atoms with Crippen molar-refractivity contribution in [2.45, 2.75) is 18.9 Å². The lowest BCUT2D eigenvalue weighted by atomic mass is 10.1. The Hall–Kier alpha value is -1.26. The van der Waals surface area contributed by atoms with Gasteiger partial charge in [0.2, 0.25) is 0 Å². The van der Waals surface area contributed by atoms with Gasteiger partial charge in [0.25, 0.3) is 5.91 Å². The molecular formula is C14H20ClN3O. The van der Waals surface area contributed by atoms with Crippen LogP contribution in [0.4, 0.5) is 5.69 Å². The summed E-state index contributed by atoms with van der Waals surface area (Å²) >= 11 is 6.19. The molecule has 1 aliphatic rings. The van der Waals surface area contributed by atoms with E-state index in [2.05, 4.69) is 10.6 Å². The Kier molecular flexibility index (Phi) is 4.66. The van der Waals surface area contributed by atoms with Gasteiger partial charge in [-0.25, -0.2) is 0 Å². The van der Waals surface area contributed by atoms with Gasteiger partial charge in [-0.05, 0) is 37.6 Å². The van der Waals surface area contributed by atoms with Crippen LogP contribution in [0.2, 0.25) is 5.02 Å². The molecule has 2 rings (SSSR count). The first kappa shape index (κ1) is 14.2. The number of anilines is 1. The topological polar surface area (TPSA) is 44.4 Å². The van der Waals surface area contributed by atoms with E-state index in [0.29, 0.717) is 16.6 Å². The van der Waals surface area contributed by atoms with E-state index < -0.39 is 0 Å².